The molecule has 4 N–H and O–H groups in total. The largest absolute Gasteiger partial charge is 0.382 e. The molecule has 0 saturated heterocycles. The number of anilines is 1. The lowest BCUT2D eigenvalue weighted by molar-refractivity contribution is 0.0948. The first-order valence-electron chi connectivity index (χ1n) is 5.33. The maximum absolute atomic E-state index is 11.5. The number of aromatic amines is 1. The number of hydrogen-bond acceptors (Lipinski definition) is 4. The monoisotopic (exact) mass is 225 g/mol. The Labute approximate surface area is 95.2 Å². The highest BCUT2D eigenvalue weighted by Crippen LogP contribution is 1.99. The number of rotatable bonds is 6. The van der Waals surface area contributed by atoms with Gasteiger partial charge in [0.05, 0.1) is 0 Å². The van der Waals surface area contributed by atoms with Crippen LogP contribution in [-0.4, -0.2) is 48.2 Å². The van der Waals surface area contributed by atoms with Crippen LogP contribution in [0, 0.1) is 0 Å². The number of nitrogens with two attached hydrogens (primary N) is 1. The van der Waals surface area contributed by atoms with Gasteiger partial charge in [0.25, 0.3) is 5.91 Å². The number of aromatic nitrogens is 2. The minimum atomic E-state index is -0.158. The average Bonchev–Trinajstić information content (AvgIpc) is 2.63. The van der Waals surface area contributed by atoms with Gasteiger partial charge >= 0.3 is 0 Å². The van der Waals surface area contributed by atoms with Crippen LogP contribution in [-0.2, 0) is 0 Å². The first kappa shape index (κ1) is 12.5. The highest BCUT2D eigenvalue weighted by Gasteiger charge is 2.07. The van der Waals surface area contributed by atoms with Gasteiger partial charge in [0.1, 0.15) is 11.5 Å². The number of nitrogen functional groups attached to an aromatic ring is 1. The third kappa shape index (κ3) is 4.31. The first-order valence-corrected chi connectivity index (χ1v) is 5.33. The molecule has 0 radical (unpaired) electrons. The number of nitrogens with zero attached hydrogens (tertiary/aromatic N) is 2. The standard InChI is InChI=1S/C10H19N5O/c1-15(2)6-4-3-5-12-10(16)8-7-9(11)14-13-8/h7H,3-6H2,1-2H3,(H,12,16)(H3,11,13,14). The van der Waals surface area contributed by atoms with E-state index in [0.29, 0.717) is 18.1 Å². The quantitative estimate of drug-likeness (QED) is 0.598. The highest BCUT2D eigenvalue weighted by atomic mass is 16.1. The minimum Gasteiger partial charge on any atom is -0.382 e. The van der Waals surface area contributed by atoms with Gasteiger partial charge in [0.15, 0.2) is 0 Å². The molecule has 90 valence electrons. The number of hydrogen-bond donors (Lipinski definition) is 3. The second kappa shape index (κ2) is 6.12. The Kier molecular flexibility index (Phi) is 4.78. The second-order valence-electron chi connectivity index (χ2n) is 3.97. The zero-order valence-corrected chi connectivity index (χ0v) is 9.79. The molecule has 6 nitrogen and oxygen atoms in total. The van der Waals surface area contributed by atoms with Crippen molar-refractivity contribution in [2.45, 2.75) is 12.8 Å². The molecule has 1 rings (SSSR count). The molecule has 0 spiro atoms. The molecule has 1 aromatic rings. The molecule has 0 fully saturated rings. The van der Waals surface area contributed by atoms with Gasteiger partial charge in [0.2, 0.25) is 0 Å². The van der Waals surface area contributed by atoms with Crippen LogP contribution in [0.15, 0.2) is 6.07 Å². The molecule has 0 aromatic carbocycles. The Bertz CT molecular complexity index is 334. The summed E-state index contributed by atoms with van der Waals surface area (Å²) < 4.78 is 0. The van der Waals surface area contributed by atoms with Gasteiger partial charge in [-0.15, -0.1) is 0 Å². The van der Waals surface area contributed by atoms with E-state index >= 15 is 0 Å². The normalized spacial score (nSPS) is 10.7. The van der Waals surface area contributed by atoms with Crippen LogP contribution >= 0.6 is 0 Å². The Hall–Kier alpha value is -1.56. The van der Waals surface area contributed by atoms with Gasteiger partial charge in [-0.05, 0) is 33.5 Å². The molecular formula is C10H19N5O. The smallest absolute Gasteiger partial charge is 0.269 e. The molecule has 0 aliphatic carbocycles. The molecule has 0 bridgehead atoms. The number of carbonyl (C=O) groups excluding carboxylic acids is 1. The lowest BCUT2D eigenvalue weighted by atomic mass is 10.3. The summed E-state index contributed by atoms with van der Waals surface area (Å²) in [5.41, 5.74) is 5.81. The van der Waals surface area contributed by atoms with Crippen molar-refractivity contribution in [3.05, 3.63) is 11.8 Å². The van der Waals surface area contributed by atoms with Crippen molar-refractivity contribution in [3.63, 3.8) is 0 Å². The maximum Gasteiger partial charge on any atom is 0.269 e. The third-order valence-corrected chi connectivity index (χ3v) is 2.16. The van der Waals surface area contributed by atoms with Crippen molar-refractivity contribution in [2.24, 2.45) is 0 Å². The maximum atomic E-state index is 11.5. The number of unbranched alkanes of at least 4 members (excludes halogenated alkanes) is 1. The molecule has 0 saturated carbocycles. The van der Waals surface area contributed by atoms with E-state index in [1.54, 1.807) is 0 Å². The molecule has 0 aliphatic rings. The van der Waals surface area contributed by atoms with Gasteiger partial charge in [-0.2, -0.15) is 5.10 Å². The summed E-state index contributed by atoms with van der Waals surface area (Å²) in [4.78, 5) is 13.6. The van der Waals surface area contributed by atoms with Gasteiger partial charge in [-0.25, -0.2) is 0 Å². The van der Waals surface area contributed by atoms with Gasteiger partial charge in [-0.1, -0.05) is 0 Å². The van der Waals surface area contributed by atoms with E-state index < -0.39 is 0 Å². The van der Waals surface area contributed by atoms with E-state index in [4.69, 9.17) is 5.73 Å². The topological polar surface area (TPSA) is 87.0 Å². The zero-order chi connectivity index (χ0) is 12.0. The second-order valence-corrected chi connectivity index (χ2v) is 3.97. The van der Waals surface area contributed by atoms with Crippen LogP contribution < -0.4 is 11.1 Å². The summed E-state index contributed by atoms with van der Waals surface area (Å²) in [6.07, 6.45) is 2.03. The van der Waals surface area contributed by atoms with E-state index in [2.05, 4.69) is 20.4 Å². The van der Waals surface area contributed by atoms with Crippen molar-refractivity contribution < 1.29 is 4.79 Å². The molecule has 1 amide bonds. The Morgan fingerprint density at radius 3 is 2.88 bits per heavy atom. The summed E-state index contributed by atoms with van der Waals surface area (Å²) in [6, 6.07) is 1.52. The van der Waals surface area contributed by atoms with Gasteiger partial charge in [-0.3, -0.25) is 9.89 Å². The van der Waals surface area contributed by atoms with E-state index in [1.165, 1.54) is 6.07 Å². The molecular weight excluding hydrogens is 206 g/mol. The van der Waals surface area contributed by atoms with Crippen molar-refractivity contribution >= 4 is 11.7 Å². The Morgan fingerprint density at radius 1 is 1.56 bits per heavy atom. The van der Waals surface area contributed by atoms with Crippen LogP contribution in [0.4, 0.5) is 5.82 Å². The van der Waals surface area contributed by atoms with E-state index in [1.807, 2.05) is 14.1 Å². The number of H-pyrrole nitrogens is 1. The number of nitrogens with one attached hydrogen (secondary N) is 2. The molecule has 6 heteroatoms. The lowest BCUT2D eigenvalue weighted by Gasteiger charge is -2.08. The molecule has 0 aliphatic heterocycles. The van der Waals surface area contributed by atoms with E-state index in [9.17, 15) is 4.79 Å². The lowest BCUT2D eigenvalue weighted by Crippen LogP contribution is -2.25. The summed E-state index contributed by atoms with van der Waals surface area (Å²) in [6.45, 7) is 1.71. The minimum absolute atomic E-state index is 0.158. The van der Waals surface area contributed by atoms with Crippen LogP contribution in [0.25, 0.3) is 0 Å². The van der Waals surface area contributed by atoms with E-state index in [0.717, 1.165) is 19.4 Å². The fourth-order valence-electron chi connectivity index (χ4n) is 1.30. The Morgan fingerprint density at radius 2 is 2.31 bits per heavy atom. The molecule has 1 aromatic heterocycles. The van der Waals surface area contributed by atoms with Crippen molar-refractivity contribution in [1.82, 2.24) is 20.4 Å². The number of amides is 1. The van der Waals surface area contributed by atoms with Crippen LogP contribution in [0.2, 0.25) is 0 Å². The average molecular weight is 225 g/mol. The third-order valence-electron chi connectivity index (χ3n) is 2.16. The SMILES string of the molecule is CN(C)CCCCNC(=O)c1cc(N)n[nH]1. The van der Waals surface area contributed by atoms with Crippen LogP contribution in [0.3, 0.4) is 0 Å². The van der Waals surface area contributed by atoms with Gasteiger partial charge in [0, 0.05) is 12.6 Å². The molecule has 1 heterocycles. The summed E-state index contributed by atoms with van der Waals surface area (Å²) in [7, 11) is 4.07. The van der Waals surface area contributed by atoms with Crippen molar-refractivity contribution in [3.8, 4) is 0 Å². The molecule has 16 heavy (non-hydrogen) atoms. The van der Waals surface area contributed by atoms with Crippen molar-refractivity contribution in [1.29, 1.82) is 0 Å². The van der Waals surface area contributed by atoms with Crippen LogP contribution in [0.5, 0.6) is 0 Å². The summed E-state index contributed by atoms with van der Waals surface area (Å²) in [5.74, 6) is 0.173. The fourth-order valence-corrected chi connectivity index (χ4v) is 1.30. The summed E-state index contributed by atoms with van der Waals surface area (Å²) >= 11 is 0. The Balaban J connectivity index is 2.16. The summed E-state index contributed by atoms with van der Waals surface area (Å²) in [5, 5.41) is 9.06. The predicted molar refractivity (Wildman–Crippen MR) is 63.1 cm³/mol. The molecule has 0 atom stereocenters. The highest BCUT2D eigenvalue weighted by molar-refractivity contribution is 5.92. The fraction of sp³-hybridized carbons (Fsp3) is 0.600. The van der Waals surface area contributed by atoms with Crippen LogP contribution in [0.1, 0.15) is 23.3 Å². The number of carbonyl (C=O) groups is 1. The molecule has 0 unspecified atom stereocenters. The zero-order valence-electron chi connectivity index (χ0n) is 9.79. The van der Waals surface area contributed by atoms with Gasteiger partial charge < -0.3 is 16.0 Å². The first-order chi connectivity index (χ1) is 7.59. The van der Waals surface area contributed by atoms with Crippen molar-refractivity contribution in [2.75, 3.05) is 32.9 Å². The predicted octanol–water partition coefficient (Wildman–Crippen LogP) is 0.0635. The van der Waals surface area contributed by atoms with E-state index in [-0.39, 0.29) is 5.91 Å².